The van der Waals surface area contributed by atoms with Gasteiger partial charge in [-0.05, 0) is 16.7 Å². The fourth-order valence-corrected chi connectivity index (χ4v) is 3.39. The molecular weight excluding hydrogens is 334 g/mol. The van der Waals surface area contributed by atoms with Crippen molar-refractivity contribution in [3.63, 3.8) is 0 Å². The summed E-state index contributed by atoms with van der Waals surface area (Å²) < 4.78 is 0. The van der Waals surface area contributed by atoms with Crippen LogP contribution in [0.5, 0.6) is 0 Å². The first-order chi connectivity index (χ1) is 10.9. The van der Waals surface area contributed by atoms with Crippen LogP contribution in [0.15, 0.2) is 91.0 Å². The van der Waals surface area contributed by atoms with Crippen LogP contribution in [0.2, 0.25) is 0 Å². The molecule has 22 heavy (non-hydrogen) atoms. The number of hydrogen-bond donors (Lipinski definition) is 1. The first kappa shape index (κ1) is 15.0. The zero-order valence-corrected chi connectivity index (χ0v) is 13.8. The van der Waals surface area contributed by atoms with Crippen LogP contribution in [0.3, 0.4) is 0 Å². The van der Waals surface area contributed by atoms with Crippen molar-refractivity contribution in [3.8, 4) is 0 Å². The minimum Gasteiger partial charge on any atom is -0.290 e. The molecule has 0 unspecified atom stereocenters. The van der Waals surface area contributed by atoms with Crippen molar-refractivity contribution < 1.29 is 0 Å². The van der Waals surface area contributed by atoms with Gasteiger partial charge in [0.2, 0.25) is 0 Å². The minimum atomic E-state index is -0.368. The molecular formula is C20H18BrN. The molecule has 0 aliphatic carbocycles. The van der Waals surface area contributed by atoms with Crippen LogP contribution in [0, 0.1) is 0 Å². The molecule has 0 atom stereocenters. The molecule has 0 fully saturated rings. The molecule has 1 nitrogen and oxygen atoms in total. The third kappa shape index (κ3) is 2.72. The number of rotatable bonds is 5. The van der Waals surface area contributed by atoms with Gasteiger partial charge in [0.05, 0.1) is 11.0 Å². The van der Waals surface area contributed by atoms with E-state index in [9.17, 15) is 0 Å². The Bertz CT molecular complexity index is 599. The van der Waals surface area contributed by atoms with Crippen molar-refractivity contribution in [2.75, 3.05) is 5.45 Å². The van der Waals surface area contributed by atoms with Gasteiger partial charge in [-0.1, -0.05) is 107 Å². The van der Waals surface area contributed by atoms with Crippen molar-refractivity contribution in [1.29, 1.82) is 0 Å². The summed E-state index contributed by atoms with van der Waals surface area (Å²) in [7, 11) is 0. The summed E-state index contributed by atoms with van der Waals surface area (Å²) in [4.78, 5) is 0. The summed E-state index contributed by atoms with van der Waals surface area (Å²) in [5.74, 6) is 0. The first-order valence-electron chi connectivity index (χ1n) is 7.35. The van der Waals surface area contributed by atoms with Crippen LogP contribution in [-0.2, 0) is 5.54 Å². The monoisotopic (exact) mass is 351 g/mol. The lowest BCUT2D eigenvalue weighted by molar-refractivity contribution is 0.518. The molecule has 2 heteroatoms. The average molecular weight is 352 g/mol. The topological polar surface area (TPSA) is 12.0 Å². The molecule has 3 rings (SSSR count). The summed E-state index contributed by atoms with van der Waals surface area (Å²) in [5.41, 5.74) is 4.02. The van der Waals surface area contributed by atoms with E-state index in [0.717, 1.165) is 0 Å². The second kappa shape index (κ2) is 6.91. The largest absolute Gasteiger partial charge is 0.290 e. The molecule has 0 saturated heterocycles. The molecule has 3 aromatic rings. The Hall–Kier alpha value is -1.90. The summed E-state index contributed by atoms with van der Waals surface area (Å²) in [6.07, 6.45) is 0. The van der Waals surface area contributed by atoms with Gasteiger partial charge in [0, 0.05) is 0 Å². The van der Waals surface area contributed by atoms with Gasteiger partial charge in [0.25, 0.3) is 0 Å². The van der Waals surface area contributed by atoms with E-state index in [-0.39, 0.29) is 5.54 Å². The van der Waals surface area contributed by atoms with Crippen molar-refractivity contribution in [3.05, 3.63) is 108 Å². The van der Waals surface area contributed by atoms with Crippen molar-refractivity contribution in [1.82, 2.24) is 5.32 Å². The lowest BCUT2D eigenvalue weighted by Gasteiger charge is -2.36. The molecule has 0 radical (unpaired) electrons. The second-order valence-corrected chi connectivity index (χ2v) is 5.72. The fourth-order valence-electron chi connectivity index (χ4n) is 2.97. The van der Waals surface area contributed by atoms with Crippen LogP contribution in [-0.4, -0.2) is 5.45 Å². The molecule has 0 amide bonds. The third-order valence-electron chi connectivity index (χ3n) is 3.95. The van der Waals surface area contributed by atoms with Crippen LogP contribution >= 0.6 is 15.9 Å². The van der Waals surface area contributed by atoms with Crippen LogP contribution in [0.4, 0.5) is 0 Å². The predicted molar refractivity (Wildman–Crippen MR) is 96.1 cm³/mol. The van der Waals surface area contributed by atoms with E-state index in [0.29, 0.717) is 5.45 Å². The Morgan fingerprint density at radius 2 is 0.909 bits per heavy atom. The van der Waals surface area contributed by atoms with Gasteiger partial charge in [0.1, 0.15) is 0 Å². The number of hydrogen-bond acceptors (Lipinski definition) is 1. The van der Waals surface area contributed by atoms with Crippen LogP contribution < -0.4 is 5.32 Å². The zero-order valence-electron chi connectivity index (χ0n) is 12.2. The highest BCUT2D eigenvalue weighted by Crippen LogP contribution is 2.36. The van der Waals surface area contributed by atoms with E-state index in [2.05, 4.69) is 112 Å². The Kier molecular flexibility index (Phi) is 4.71. The molecule has 0 aliphatic heterocycles. The molecule has 0 saturated carbocycles. The van der Waals surface area contributed by atoms with E-state index in [4.69, 9.17) is 0 Å². The molecule has 0 spiro atoms. The maximum absolute atomic E-state index is 3.66. The van der Waals surface area contributed by atoms with E-state index in [1.807, 2.05) is 0 Å². The maximum Gasteiger partial charge on any atom is 0.0954 e. The van der Waals surface area contributed by atoms with Crippen molar-refractivity contribution in [2.24, 2.45) is 0 Å². The van der Waals surface area contributed by atoms with E-state index in [1.165, 1.54) is 16.7 Å². The van der Waals surface area contributed by atoms with Gasteiger partial charge in [-0.15, -0.1) is 0 Å². The first-order valence-corrected chi connectivity index (χ1v) is 8.47. The van der Waals surface area contributed by atoms with Crippen LogP contribution in [0.1, 0.15) is 16.7 Å². The van der Waals surface area contributed by atoms with E-state index >= 15 is 0 Å². The molecule has 3 aromatic carbocycles. The molecule has 0 aromatic heterocycles. The van der Waals surface area contributed by atoms with E-state index < -0.39 is 0 Å². The van der Waals surface area contributed by atoms with Crippen molar-refractivity contribution >= 4 is 15.9 Å². The number of nitrogens with one attached hydrogen (secondary N) is 1. The number of alkyl halides is 1. The SMILES string of the molecule is BrCNC(c1ccccc1)(c1ccccc1)c1ccccc1. The molecule has 1 N–H and O–H groups in total. The number of benzene rings is 3. The zero-order chi connectivity index (χ0) is 15.3. The van der Waals surface area contributed by atoms with Gasteiger partial charge in [-0.2, -0.15) is 0 Å². The summed E-state index contributed by atoms with van der Waals surface area (Å²) >= 11 is 3.57. The highest BCUT2D eigenvalue weighted by molar-refractivity contribution is 9.09. The average Bonchev–Trinajstić information content (AvgIpc) is 2.62. The molecule has 0 aliphatic rings. The standard InChI is InChI=1S/C20H18BrN/c21-16-22-20(17-10-4-1-5-11-17,18-12-6-2-7-13-18)19-14-8-3-9-15-19/h1-15,22H,16H2. The van der Waals surface area contributed by atoms with Gasteiger partial charge in [0.15, 0.2) is 0 Å². The quantitative estimate of drug-likeness (QED) is 0.390. The Balaban J connectivity index is 2.29. The highest BCUT2D eigenvalue weighted by atomic mass is 79.9. The third-order valence-corrected chi connectivity index (χ3v) is 4.23. The Morgan fingerprint density at radius 1 is 0.591 bits per heavy atom. The van der Waals surface area contributed by atoms with Gasteiger partial charge in [-0.3, -0.25) is 5.32 Å². The summed E-state index contributed by atoms with van der Waals surface area (Å²) in [6.45, 7) is 0. The summed E-state index contributed by atoms with van der Waals surface area (Å²) in [5, 5.41) is 3.66. The summed E-state index contributed by atoms with van der Waals surface area (Å²) in [6, 6.07) is 31.8. The second-order valence-electron chi connectivity index (χ2n) is 5.16. The Morgan fingerprint density at radius 3 is 1.18 bits per heavy atom. The van der Waals surface area contributed by atoms with E-state index in [1.54, 1.807) is 0 Å². The maximum atomic E-state index is 3.66. The smallest absolute Gasteiger partial charge is 0.0954 e. The van der Waals surface area contributed by atoms with Gasteiger partial charge in [-0.25, -0.2) is 0 Å². The lowest BCUT2D eigenvalue weighted by atomic mass is 9.77. The normalized spacial score (nSPS) is 11.3. The van der Waals surface area contributed by atoms with Gasteiger partial charge >= 0.3 is 0 Å². The number of halogens is 1. The lowest BCUT2D eigenvalue weighted by Crippen LogP contribution is -2.43. The van der Waals surface area contributed by atoms with Gasteiger partial charge < -0.3 is 0 Å². The minimum absolute atomic E-state index is 0.368. The fraction of sp³-hybridized carbons (Fsp3) is 0.100. The van der Waals surface area contributed by atoms with Crippen LogP contribution in [0.25, 0.3) is 0 Å². The Labute approximate surface area is 140 Å². The molecule has 0 heterocycles. The molecule has 0 bridgehead atoms. The predicted octanol–water partition coefficient (Wildman–Crippen LogP) is 4.92. The van der Waals surface area contributed by atoms with Crippen molar-refractivity contribution in [2.45, 2.75) is 5.54 Å². The molecule has 110 valence electrons. The highest BCUT2D eigenvalue weighted by Gasteiger charge is 2.35.